The van der Waals surface area contributed by atoms with E-state index in [0.29, 0.717) is 0 Å². The normalized spacial score (nSPS) is 28.9. The molecule has 0 radical (unpaired) electrons. The maximum absolute atomic E-state index is 16.2. The number of aromatic hydroxyl groups is 1. The number of carbonyl (C=O) groups excluding carboxylic acids is 6. The Labute approximate surface area is 471 Å². The molecule has 23 heteroatoms. The molecule has 438 valence electrons. The lowest BCUT2D eigenvalue weighted by Crippen LogP contribution is -2.59. The number of likely N-dealkylation sites (tertiary alicyclic amines) is 1. The number of ether oxygens (including phenoxy) is 5. The summed E-state index contributed by atoms with van der Waals surface area (Å²) in [5.41, 5.74) is -3.41. The molecular weight excluding hydrogens is 1070 g/mol. The summed E-state index contributed by atoms with van der Waals surface area (Å²) in [7, 11) is 2.73. The highest BCUT2D eigenvalue weighted by molar-refractivity contribution is 6.32. The molecule has 5 aliphatic heterocycles. The van der Waals surface area contributed by atoms with Crippen LogP contribution in [0.25, 0.3) is 10.9 Å². The molecule has 1 aromatic heterocycles. The van der Waals surface area contributed by atoms with Crippen molar-refractivity contribution in [1.82, 2.24) is 19.7 Å². The van der Waals surface area contributed by atoms with Gasteiger partial charge in [0.25, 0.3) is 11.7 Å². The van der Waals surface area contributed by atoms with Gasteiger partial charge < -0.3 is 68.7 Å². The Kier molecular flexibility index (Phi) is 16.1. The smallest absolute Gasteiger partial charge is 0.341 e. The first-order valence-electron chi connectivity index (χ1n) is 27.3. The molecular formula is C59H68FN5O17. The van der Waals surface area contributed by atoms with Gasteiger partial charge in [-0.3, -0.25) is 33.6 Å². The van der Waals surface area contributed by atoms with Crippen LogP contribution in [0.4, 0.5) is 10.1 Å². The number of carboxylic acid groups (broad SMARTS) is 1. The van der Waals surface area contributed by atoms with Crippen molar-refractivity contribution in [2.45, 2.75) is 104 Å². The molecule has 2 amide bonds. The number of rotatable bonds is 8. The summed E-state index contributed by atoms with van der Waals surface area (Å²) in [6.45, 7) is 12.3. The Balaban J connectivity index is 1.02. The number of nitrogens with one attached hydrogen (secondary N) is 1. The van der Waals surface area contributed by atoms with E-state index in [1.165, 1.54) is 71.2 Å². The van der Waals surface area contributed by atoms with E-state index in [1.807, 2.05) is 0 Å². The number of aromatic nitrogens is 1. The van der Waals surface area contributed by atoms with Crippen molar-refractivity contribution < 1.29 is 82.1 Å². The highest BCUT2D eigenvalue weighted by Crippen LogP contribution is 2.50. The van der Waals surface area contributed by atoms with Gasteiger partial charge in [0.2, 0.25) is 22.9 Å². The molecule has 3 fully saturated rings. The van der Waals surface area contributed by atoms with Crippen molar-refractivity contribution in [3.05, 3.63) is 104 Å². The third kappa shape index (κ3) is 10.2. The molecule has 10 rings (SSSR count). The first kappa shape index (κ1) is 58.8. The average Bonchev–Trinajstić information content (AvgIpc) is 4.42. The van der Waals surface area contributed by atoms with E-state index in [4.69, 9.17) is 23.7 Å². The van der Waals surface area contributed by atoms with Gasteiger partial charge in [0.15, 0.2) is 11.6 Å². The van der Waals surface area contributed by atoms with Gasteiger partial charge in [-0.1, -0.05) is 45.9 Å². The molecule has 0 unspecified atom stereocenters. The van der Waals surface area contributed by atoms with Gasteiger partial charge in [0.1, 0.15) is 40.2 Å². The highest BCUT2D eigenvalue weighted by atomic mass is 19.1. The lowest BCUT2D eigenvalue weighted by molar-refractivity contribution is -0.160. The number of carboxylic acids is 1. The number of anilines is 1. The fourth-order valence-corrected chi connectivity index (χ4v) is 11.9. The molecule has 9 atom stereocenters. The number of hydrogen-bond donors (Lipinski definition) is 5. The Morgan fingerprint density at radius 3 is 2.15 bits per heavy atom. The molecule has 7 aliphatic rings. The Hall–Kier alpha value is -7.89. The third-order valence-electron chi connectivity index (χ3n) is 17.0. The predicted octanol–water partition coefficient (Wildman–Crippen LogP) is 4.73. The van der Waals surface area contributed by atoms with Crippen LogP contribution in [0.5, 0.6) is 17.2 Å². The summed E-state index contributed by atoms with van der Waals surface area (Å²) in [5.74, 6) is -13.6. The number of nitrogens with zero attached hydrogens (tertiary/aromatic N) is 4. The molecule has 6 heterocycles. The molecule has 2 aromatic carbocycles. The number of benzene rings is 2. The van der Waals surface area contributed by atoms with E-state index in [-0.39, 0.29) is 102 Å². The van der Waals surface area contributed by atoms with Crippen molar-refractivity contribution in [2.24, 2.45) is 29.6 Å². The number of aromatic carboxylic acids is 1. The summed E-state index contributed by atoms with van der Waals surface area (Å²) >= 11 is 0. The zero-order valence-corrected chi connectivity index (χ0v) is 47.2. The summed E-state index contributed by atoms with van der Waals surface area (Å²) in [6, 6.07) is 0.908. The molecule has 5 N–H and O–H groups in total. The van der Waals surface area contributed by atoms with Crippen LogP contribution in [0, 0.1) is 42.3 Å². The number of halogens is 1. The number of amides is 2. The fraction of sp³-hybridized carbons (Fsp3) is 0.492. The van der Waals surface area contributed by atoms with Gasteiger partial charge in [-0.05, 0) is 38.8 Å². The minimum Gasteiger partial charge on any atom is -0.507 e. The highest BCUT2D eigenvalue weighted by Gasteiger charge is 2.54. The Bertz CT molecular complexity index is 3400. The molecule has 1 saturated carbocycles. The van der Waals surface area contributed by atoms with E-state index in [1.54, 1.807) is 48.1 Å². The van der Waals surface area contributed by atoms with Crippen LogP contribution in [-0.4, -0.2) is 160 Å². The number of pyridine rings is 1. The molecule has 3 aromatic rings. The van der Waals surface area contributed by atoms with E-state index in [2.05, 4.69) is 5.32 Å². The number of piperazine rings is 1. The van der Waals surface area contributed by atoms with Crippen LogP contribution in [0.1, 0.15) is 114 Å². The lowest BCUT2D eigenvalue weighted by Gasteiger charge is -2.45. The van der Waals surface area contributed by atoms with Gasteiger partial charge in [0, 0.05) is 107 Å². The molecule has 2 aliphatic carbocycles. The Morgan fingerprint density at radius 1 is 0.866 bits per heavy atom. The van der Waals surface area contributed by atoms with Gasteiger partial charge in [-0.2, -0.15) is 0 Å². The Morgan fingerprint density at radius 2 is 1.54 bits per heavy atom. The summed E-state index contributed by atoms with van der Waals surface area (Å²) in [5, 5.41) is 47.1. The largest absolute Gasteiger partial charge is 0.507 e. The second-order valence-corrected chi connectivity index (χ2v) is 22.4. The van der Waals surface area contributed by atoms with E-state index < -0.39 is 134 Å². The maximum atomic E-state index is 16.2. The van der Waals surface area contributed by atoms with E-state index in [9.17, 15) is 54.0 Å². The van der Waals surface area contributed by atoms with Crippen LogP contribution in [0.3, 0.4) is 0 Å². The van der Waals surface area contributed by atoms with Crippen molar-refractivity contribution in [1.29, 1.82) is 0 Å². The van der Waals surface area contributed by atoms with Gasteiger partial charge in [-0.25, -0.2) is 9.18 Å². The molecule has 5 bridgehead atoms. The van der Waals surface area contributed by atoms with Crippen molar-refractivity contribution in [3.63, 3.8) is 0 Å². The zero-order chi connectivity index (χ0) is 59.7. The summed E-state index contributed by atoms with van der Waals surface area (Å²) in [6.07, 6.45) is 5.61. The van der Waals surface area contributed by atoms with Gasteiger partial charge in [0.05, 0.1) is 65.2 Å². The number of phenols is 1. The third-order valence-corrected chi connectivity index (χ3v) is 17.0. The minimum absolute atomic E-state index is 0.0402. The second-order valence-electron chi connectivity index (χ2n) is 22.4. The zero-order valence-electron chi connectivity index (χ0n) is 47.2. The molecule has 82 heavy (non-hydrogen) atoms. The number of phenolic OH excluding ortho intramolecular Hbond substituents is 1. The number of ketones is 3. The average molecular weight is 1140 g/mol. The van der Waals surface area contributed by atoms with Gasteiger partial charge in [-0.15, -0.1) is 0 Å². The topological polar surface area (TPSA) is 290 Å². The number of aliphatic hydroxyl groups is 2. The lowest BCUT2D eigenvalue weighted by atomic mass is 9.78. The van der Waals surface area contributed by atoms with Crippen molar-refractivity contribution >= 4 is 57.7 Å². The number of aliphatic hydroxyl groups excluding tert-OH is 2. The maximum Gasteiger partial charge on any atom is 0.341 e. The number of allylic oxidation sites excluding steroid dienone is 4. The van der Waals surface area contributed by atoms with Crippen LogP contribution < -0.4 is 25.1 Å². The van der Waals surface area contributed by atoms with Crippen LogP contribution in [-0.2, 0) is 28.6 Å². The summed E-state index contributed by atoms with van der Waals surface area (Å²) < 4.78 is 47.3. The number of methoxy groups -OCH3 is 2. The summed E-state index contributed by atoms with van der Waals surface area (Å²) in [4.78, 5) is 116. The molecule has 2 saturated heterocycles. The first-order chi connectivity index (χ1) is 38.8. The number of fused-ring (bicyclic) bond motifs is 15. The van der Waals surface area contributed by atoms with Crippen molar-refractivity contribution in [2.75, 3.05) is 58.4 Å². The monoisotopic (exact) mass is 1140 g/mol. The molecule has 22 nitrogen and oxygen atoms in total. The second kappa shape index (κ2) is 22.5. The van der Waals surface area contributed by atoms with E-state index in [0.717, 1.165) is 25.2 Å². The van der Waals surface area contributed by atoms with E-state index >= 15 is 9.18 Å². The van der Waals surface area contributed by atoms with Gasteiger partial charge >= 0.3 is 17.7 Å². The number of esters is 1. The quantitative estimate of drug-likeness (QED) is 0.190. The number of Topliss-reactive ketones (excluding diaryl/α,β-unsaturated/α-hetero) is 3. The molecule has 0 spiro atoms. The SMILES string of the molecule is COc1c(N2CCN(C(=O)C3CN(C4=C5NC(=O)/C(C)=C\C=C\[C@H](C)[C@H](O)[C@@H](C)[C@@H](O)[C@@H](C)[C@H](OC(C)=O)[C@H](C)[C@@H](OC)/C=C/O[C@@]6(C)Oc7c(C)c(O)c(c(c7C6=O)C4=O)C5=O)C3)CC2)c(F)cc2c(=O)c(C(=O)O)cn(C3CC3)c12. The fourth-order valence-electron chi connectivity index (χ4n) is 11.9. The van der Waals surface area contributed by atoms with Crippen LogP contribution in [0.2, 0.25) is 0 Å². The predicted molar refractivity (Wildman–Crippen MR) is 292 cm³/mol. The number of hydrogen-bond acceptors (Lipinski definition) is 18. The van der Waals surface area contributed by atoms with Crippen LogP contribution >= 0.6 is 0 Å². The van der Waals surface area contributed by atoms with Crippen LogP contribution in [0.15, 0.2) is 64.6 Å². The first-order valence-corrected chi connectivity index (χ1v) is 27.3. The van der Waals surface area contributed by atoms with Crippen molar-refractivity contribution in [3.8, 4) is 17.2 Å². The minimum atomic E-state index is -2.20. The standard InChI is InChI=1S/C59H68FN5O17/c1-26-12-11-13-27(2)56(74)61-42-45(64-23-33(24-64)57(75)63-19-17-62(18-20-63)44-37(60)22-35-43(54(44)79-10)65(34-14-15-34)25-36(49(35)70)58(76)77)51(72)39-40(50(42)71)48(69)31(6)53-41(39)55(73)59(8,82-53)80-21-16-38(78-9)28(3)52(81-32(7)66)30(5)47(68)29(4)46(26)67/h11-13,16,21-22,25-26,28-30,33-34,38,46-47,52,67-69H,14-15,17-20,23-24H2,1-10H3,(H,61,74)(H,76,77)/b12-11+,21-16+,27-13-/t26-,28+,29+,30+,38-,46-,47+,52+,59-/m0/s1. The number of carbonyl (C=O) groups is 7.